The van der Waals surface area contributed by atoms with E-state index in [-0.39, 0.29) is 11.8 Å². The fourth-order valence-corrected chi connectivity index (χ4v) is 3.06. The molecule has 5 heteroatoms. The van der Waals surface area contributed by atoms with E-state index in [1.54, 1.807) is 49.6 Å². The molecule has 2 amide bonds. The molecule has 0 radical (unpaired) electrons. The molecular formula is C24H24N2O3. The highest BCUT2D eigenvalue weighted by atomic mass is 16.5. The minimum Gasteiger partial charge on any atom is -0.497 e. The van der Waals surface area contributed by atoms with Crippen molar-refractivity contribution in [2.75, 3.05) is 17.7 Å². The van der Waals surface area contributed by atoms with Gasteiger partial charge in [0.2, 0.25) is 0 Å². The highest BCUT2D eigenvalue weighted by Crippen LogP contribution is 2.22. The molecule has 0 aliphatic heterocycles. The van der Waals surface area contributed by atoms with Crippen molar-refractivity contribution in [3.63, 3.8) is 0 Å². The molecule has 148 valence electrons. The molecule has 29 heavy (non-hydrogen) atoms. The van der Waals surface area contributed by atoms with Gasteiger partial charge in [0.1, 0.15) is 5.75 Å². The normalized spacial score (nSPS) is 10.3. The summed E-state index contributed by atoms with van der Waals surface area (Å²) in [4.78, 5) is 25.1. The number of methoxy groups -OCH3 is 1. The number of aryl methyl sites for hydroxylation is 2. The molecule has 0 fully saturated rings. The summed E-state index contributed by atoms with van der Waals surface area (Å²) in [6, 6.07) is 19.7. The highest BCUT2D eigenvalue weighted by molar-refractivity contribution is 6.07. The van der Waals surface area contributed by atoms with Crippen LogP contribution in [0.2, 0.25) is 0 Å². The van der Waals surface area contributed by atoms with Crippen LogP contribution in [-0.2, 0) is 6.42 Å². The van der Waals surface area contributed by atoms with E-state index < -0.39 is 0 Å². The maximum atomic E-state index is 12.7. The van der Waals surface area contributed by atoms with E-state index in [1.165, 1.54) is 0 Å². The number of ether oxygens (including phenoxy) is 1. The largest absolute Gasteiger partial charge is 0.497 e. The van der Waals surface area contributed by atoms with Gasteiger partial charge in [-0.1, -0.05) is 31.2 Å². The quantitative estimate of drug-likeness (QED) is 0.619. The second-order valence-electron chi connectivity index (χ2n) is 6.68. The number of benzene rings is 3. The molecule has 5 nitrogen and oxygen atoms in total. The zero-order valence-electron chi connectivity index (χ0n) is 16.8. The third-order valence-corrected chi connectivity index (χ3v) is 4.72. The predicted molar refractivity (Wildman–Crippen MR) is 116 cm³/mol. The molecule has 3 aromatic rings. The van der Waals surface area contributed by atoms with Crippen LogP contribution in [0, 0.1) is 6.92 Å². The lowest BCUT2D eigenvalue weighted by atomic mass is 10.0. The molecule has 3 rings (SSSR count). The third-order valence-electron chi connectivity index (χ3n) is 4.72. The van der Waals surface area contributed by atoms with Crippen LogP contribution in [0.25, 0.3) is 0 Å². The van der Waals surface area contributed by atoms with Crippen molar-refractivity contribution >= 4 is 23.2 Å². The minimum atomic E-state index is -0.252. The zero-order chi connectivity index (χ0) is 20.8. The summed E-state index contributed by atoms with van der Waals surface area (Å²) < 4.78 is 5.16. The Morgan fingerprint density at radius 1 is 0.862 bits per heavy atom. The maximum Gasteiger partial charge on any atom is 0.255 e. The summed E-state index contributed by atoms with van der Waals surface area (Å²) in [7, 11) is 1.57. The van der Waals surface area contributed by atoms with Crippen LogP contribution in [0.15, 0.2) is 66.7 Å². The monoisotopic (exact) mass is 388 g/mol. The number of carbonyl (C=O) groups excluding carboxylic acids is 2. The van der Waals surface area contributed by atoms with Crippen molar-refractivity contribution in [3.05, 3.63) is 89.0 Å². The van der Waals surface area contributed by atoms with Gasteiger partial charge in [0.15, 0.2) is 0 Å². The van der Waals surface area contributed by atoms with Crippen LogP contribution in [0.4, 0.5) is 11.4 Å². The molecule has 0 atom stereocenters. The molecule has 0 saturated heterocycles. The van der Waals surface area contributed by atoms with E-state index >= 15 is 0 Å². The van der Waals surface area contributed by atoms with E-state index in [9.17, 15) is 9.59 Å². The average Bonchev–Trinajstić information content (AvgIpc) is 2.75. The van der Waals surface area contributed by atoms with Crippen molar-refractivity contribution in [1.82, 2.24) is 0 Å². The molecule has 0 spiro atoms. The molecule has 0 bridgehead atoms. The Morgan fingerprint density at radius 3 is 2.10 bits per heavy atom. The number of hydrogen-bond donors (Lipinski definition) is 2. The van der Waals surface area contributed by atoms with Gasteiger partial charge in [-0.15, -0.1) is 0 Å². The smallest absolute Gasteiger partial charge is 0.255 e. The number of nitrogens with one attached hydrogen (secondary N) is 2. The minimum absolute atomic E-state index is 0.200. The first-order chi connectivity index (χ1) is 14.0. The van der Waals surface area contributed by atoms with E-state index in [0.29, 0.717) is 22.6 Å². The molecule has 2 N–H and O–H groups in total. The molecular weight excluding hydrogens is 364 g/mol. The second-order valence-corrected chi connectivity index (χ2v) is 6.68. The van der Waals surface area contributed by atoms with Crippen molar-refractivity contribution in [1.29, 1.82) is 0 Å². The van der Waals surface area contributed by atoms with Crippen LogP contribution < -0.4 is 15.4 Å². The van der Waals surface area contributed by atoms with Crippen LogP contribution in [-0.4, -0.2) is 18.9 Å². The Morgan fingerprint density at radius 2 is 1.48 bits per heavy atom. The maximum absolute atomic E-state index is 12.7. The van der Waals surface area contributed by atoms with Crippen molar-refractivity contribution in [2.45, 2.75) is 20.3 Å². The SMILES string of the molecule is CCc1cccc(C)c1NC(=O)c1ccc(C(=O)Nc2cccc(OC)c2)cc1. The van der Waals surface area contributed by atoms with Crippen LogP contribution in [0.3, 0.4) is 0 Å². The van der Waals surface area contributed by atoms with Crippen LogP contribution in [0.5, 0.6) is 5.75 Å². The van der Waals surface area contributed by atoms with Gasteiger partial charge >= 0.3 is 0 Å². The third kappa shape index (κ3) is 4.82. The topological polar surface area (TPSA) is 67.4 Å². The number of hydrogen-bond acceptors (Lipinski definition) is 3. The fraction of sp³-hybridized carbons (Fsp3) is 0.167. The lowest BCUT2D eigenvalue weighted by molar-refractivity contribution is 0.101. The first-order valence-corrected chi connectivity index (χ1v) is 9.47. The number of anilines is 2. The fourth-order valence-electron chi connectivity index (χ4n) is 3.06. The molecule has 0 unspecified atom stereocenters. The number of rotatable bonds is 6. The Balaban J connectivity index is 1.71. The Labute approximate surface area is 170 Å². The van der Waals surface area contributed by atoms with E-state index in [2.05, 4.69) is 17.6 Å². The summed E-state index contributed by atoms with van der Waals surface area (Å²) in [6.45, 7) is 4.03. The lowest BCUT2D eigenvalue weighted by Crippen LogP contribution is -2.15. The lowest BCUT2D eigenvalue weighted by Gasteiger charge is -2.13. The Kier molecular flexibility index (Phi) is 6.29. The van der Waals surface area contributed by atoms with Gasteiger partial charge in [0.25, 0.3) is 11.8 Å². The number of para-hydroxylation sites is 1. The van der Waals surface area contributed by atoms with Gasteiger partial charge < -0.3 is 15.4 Å². The molecule has 0 aromatic heterocycles. The average molecular weight is 388 g/mol. The van der Waals surface area contributed by atoms with Crippen molar-refractivity contribution in [3.8, 4) is 5.75 Å². The van der Waals surface area contributed by atoms with Crippen LogP contribution in [0.1, 0.15) is 38.8 Å². The van der Waals surface area contributed by atoms with E-state index in [4.69, 9.17) is 4.74 Å². The molecule has 0 heterocycles. The van der Waals surface area contributed by atoms with Gasteiger partial charge in [0.05, 0.1) is 7.11 Å². The summed E-state index contributed by atoms with van der Waals surface area (Å²) in [5, 5.41) is 5.82. The van der Waals surface area contributed by atoms with E-state index in [0.717, 1.165) is 23.2 Å². The summed E-state index contributed by atoms with van der Waals surface area (Å²) in [6.07, 6.45) is 0.834. The van der Waals surface area contributed by atoms with Gasteiger partial charge in [-0.25, -0.2) is 0 Å². The predicted octanol–water partition coefficient (Wildman–Crippen LogP) is 5.07. The second kappa shape index (κ2) is 9.06. The molecule has 0 aliphatic rings. The van der Waals surface area contributed by atoms with Gasteiger partial charge in [-0.05, 0) is 60.9 Å². The summed E-state index contributed by atoms with van der Waals surface area (Å²) in [5.74, 6) is 0.212. The molecule has 0 saturated carbocycles. The van der Waals surface area contributed by atoms with Crippen molar-refractivity contribution < 1.29 is 14.3 Å². The standard InChI is InChI=1S/C24H24N2O3/c1-4-17-8-5-7-16(2)22(17)26-24(28)19-13-11-18(12-14-19)23(27)25-20-9-6-10-21(15-20)29-3/h5-15H,4H2,1-3H3,(H,25,27)(H,26,28). The first kappa shape index (κ1) is 20.1. The van der Waals surface area contributed by atoms with Gasteiger partial charge in [-0.3, -0.25) is 9.59 Å². The first-order valence-electron chi connectivity index (χ1n) is 9.47. The summed E-state index contributed by atoms with van der Waals surface area (Å²) in [5.41, 5.74) is 4.56. The van der Waals surface area contributed by atoms with E-state index in [1.807, 2.05) is 31.2 Å². The summed E-state index contributed by atoms with van der Waals surface area (Å²) >= 11 is 0. The number of carbonyl (C=O) groups is 2. The van der Waals surface area contributed by atoms with Gasteiger partial charge in [0, 0.05) is 28.6 Å². The Bertz CT molecular complexity index is 1030. The highest BCUT2D eigenvalue weighted by Gasteiger charge is 2.12. The number of amides is 2. The van der Waals surface area contributed by atoms with Crippen molar-refractivity contribution in [2.24, 2.45) is 0 Å². The molecule has 0 aliphatic carbocycles. The Hall–Kier alpha value is -3.60. The zero-order valence-corrected chi connectivity index (χ0v) is 16.8. The molecule has 3 aromatic carbocycles. The van der Waals surface area contributed by atoms with Gasteiger partial charge in [-0.2, -0.15) is 0 Å². The van der Waals surface area contributed by atoms with Crippen LogP contribution >= 0.6 is 0 Å².